The summed E-state index contributed by atoms with van der Waals surface area (Å²) in [6, 6.07) is 0. The second-order valence-corrected chi connectivity index (χ2v) is 2.68. The first-order valence-electron chi connectivity index (χ1n) is 5.43. The highest BCUT2D eigenvalue weighted by atomic mass is 16.6. The van der Waals surface area contributed by atoms with Gasteiger partial charge in [-0.3, -0.25) is 9.63 Å². The van der Waals surface area contributed by atoms with E-state index in [4.69, 9.17) is 10.6 Å². The Morgan fingerprint density at radius 3 is 2.53 bits per heavy atom. The SMILES string of the molecule is CC.CCCOCCNC(=O)C(C)ON.[HH]. The zero-order chi connectivity index (χ0) is 12.1. The highest BCUT2D eigenvalue weighted by molar-refractivity contribution is 5.80. The maximum absolute atomic E-state index is 11.0. The number of amides is 1. The standard InChI is InChI=1S/C8H18N2O3.C2H6.H2/c1-3-5-12-6-4-10-8(11)7(2)13-9;1-2;/h7H,3-6,9H2,1-2H3,(H,10,11);1-2H3;1H. The van der Waals surface area contributed by atoms with Gasteiger partial charge in [0.1, 0.15) is 0 Å². The lowest BCUT2D eigenvalue weighted by molar-refractivity contribution is -0.132. The van der Waals surface area contributed by atoms with Crippen molar-refractivity contribution < 1.29 is 15.8 Å². The molecule has 0 spiro atoms. The van der Waals surface area contributed by atoms with Crippen molar-refractivity contribution in [3.8, 4) is 0 Å². The van der Waals surface area contributed by atoms with E-state index >= 15 is 0 Å². The van der Waals surface area contributed by atoms with Crippen molar-refractivity contribution in [3.05, 3.63) is 0 Å². The zero-order valence-corrected chi connectivity index (χ0v) is 10.2. The molecule has 1 atom stereocenters. The first kappa shape index (κ1) is 16.8. The van der Waals surface area contributed by atoms with Crippen molar-refractivity contribution >= 4 is 5.91 Å². The molecule has 0 saturated carbocycles. The summed E-state index contributed by atoms with van der Waals surface area (Å²) in [5, 5.41) is 2.62. The molecule has 1 unspecified atom stereocenters. The molecule has 0 aromatic rings. The molecular weight excluding hydrogens is 196 g/mol. The van der Waals surface area contributed by atoms with E-state index in [1.807, 2.05) is 20.8 Å². The number of hydrogen-bond acceptors (Lipinski definition) is 4. The van der Waals surface area contributed by atoms with Crippen molar-refractivity contribution in [1.82, 2.24) is 5.32 Å². The molecule has 5 heteroatoms. The Morgan fingerprint density at radius 1 is 1.47 bits per heavy atom. The Bertz CT molecular complexity index is 148. The van der Waals surface area contributed by atoms with E-state index in [-0.39, 0.29) is 7.33 Å². The fraction of sp³-hybridized carbons (Fsp3) is 0.900. The fourth-order valence-electron chi connectivity index (χ4n) is 0.698. The van der Waals surface area contributed by atoms with E-state index in [9.17, 15) is 4.79 Å². The van der Waals surface area contributed by atoms with Crippen molar-refractivity contribution in [3.63, 3.8) is 0 Å². The van der Waals surface area contributed by atoms with Gasteiger partial charge < -0.3 is 10.1 Å². The minimum absolute atomic E-state index is 0. The van der Waals surface area contributed by atoms with Crippen LogP contribution in [0.25, 0.3) is 0 Å². The number of ether oxygens (including phenoxy) is 1. The first-order valence-corrected chi connectivity index (χ1v) is 5.43. The summed E-state index contributed by atoms with van der Waals surface area (Å²) in [6.45, 7) is 9.35. The van der Waals surface area contributed by atoms with Gasteiger partial charge >= 0.3 is 0 Å². The van der Waals surface area contributed by atoms with E-state index in [1.54, 1.807) is 6.92 Å². The molecule has 1 amide bonds. The summed E-state index contributed by atoms with van der Waals surface area (Å²) < 4.78 is 5.16. The van der Waals surface area contributed by atoms with Crippen LogP contribution < -0.4 is 11.2 Å². The average Bonchev–Trinajstić information content (AvgIpc) is 2.30. The normalized spacial score (nSPS) is 11.3. The van der Waals surface area contributed by atoms with Gasteiger partial charge in [0.05, 0.1) is 6.61 Å². The Hall–Kier alpha value is -0.650. The van der Waals surface area contributed by atoms with E-state index in [1.165, 1.54) is 0 Å². The number of nitrogens with one attached hydrogen (secondary N) is 1. The number of rotatable bonds is 7. The van der Waals surface area contributed by atoms with Crippen LogP contribution in [0.15, 0.2) is 0 Å². The van der Waals surface area contributed by atoms with Gasteiger partial charge in [-0.05, 0) is 13.3 Å². The van der Waals surface area contributed by atoms with Crippen LogP contribution >= 0.6 is 0 Å². The van der Waals surface area contributed by atoms with Crippen molar-refractivity contribution in [2.45, 2.75) is 40.2 Å². The van der Waals surface area contributed by atoms with Gasteiger partial charge in [-0.25, -0.2) is 5.90 Å². The molecule has 15 heavy (non-hydrogen) atoms. The number of carbonyl (C=O) groups excluding carboxylic acids is 1. The lowest BCUT2D eigenvalue weighted by Crippen LogP contribution is -2.37. The number of nitrogens with two attached hydrogens (primary N) is 1. The maximum Gasteiger partial charge on any atom is 0.251 e. The molecule has 0 aromatic carbocycles. The van der Waals surface area contributed by atoms with Crippen LogP contribution in [0.2, 0.25) is 0 Å². The maximum atomic E-state index is 11.0. The van der Waals surface area contributed by atoms with Gasteiger partial charge in [-0.15, -0.1) is 0 Å². The van der Waals surface area contributed by atoms with Crippen LogP contribution in [0.4, 0.5) is 0 Å². The van der Waals surface area contributed by atoms with E-state index < -0.39 is 6.10 Å². The van der Waals surface area contributed by atoms with Gasteiger partial charge in [-0.2, -0.15) is 0 Å². The Labute approximate surface area is 93.7 Å². The summed E-state index contributed by atoms with van der Waals surface area (Å²) in [5.74, 6) is 4.61. The molecule has 0 aliphatic heterocycles. The molecule has 0 aliphatic carbocycles. The third-order valence-electron chi connectivity index (χ3n) is 1.47. The summed E-state index contributed by atoms with van der Waals surface area (Å²) in [5.41, 5.74) is 0. The summed E-state index contributed by atoms with van der Waals surface area (Å²) >= 11 is 0. The minimum atomic E-state index is -0.605. The van der Waals surface area contributed by atoms with Crippen molar-refractivity contribution in [2.75, 3.05) is 19.8 Å². The molecule has 0 aromatic heterocycles. The monoisotopic (exact) mass is 222 g/mol. The summed E-state index contributed by atoms with van der Waals surface area (Å²) in [6.07, 6.45) is 0.377. The highest BCUT2D eigenvalue weighted by Gasteiger charge is 2.10. The summed E-state index contributed by atoms with van der Waals surface area (Å²) in [7, 11) is 0. The Balaban J connectivity index is -0.000000529. The van der Waals surface area contributed by atoms with Gasteiger partial charge in [0.2, 0.25) is 0 Å². The van der Waals surface area contributed by atoms with Gasteiger partial charge in [-0.1, -0.05) is 20.8 Å². The molecule has 0 fully saturated rings. The van der Waals surface area contributed by atoms with Gasteiger partial charge in [0.25, 0.3) is 5.91 Å². The average molecular weight is 222 g/mol. The highest BCUT2D eigenvalue weighted by Crippen LogP contribution is 1.84. The molecule has 0 heterocycles. The topological polar surface area (TPSA) is 73.6 Å². The Morgan fingerprint density at radius 2 is 2.07 bits per heavy atom. The third-order valence-corrected chi connectivity index (χ3v) is 1.47. The molecule has 3 N–H and O–H groups in total. The molecule has 0 rings (SSSR count). The fourth-order valence-corrected chi connectivity index (χ4v) is 0.698. The minimum Gasteiger partial charge on any atom is -0.380 e. The zero-order valence-electron chi connectivity index (χ0n) is 10.2. The number of carbonyl (C=O) groups is 1. The van der Waals surface area contributed by atoms with Crippen LogP contribution in [0.5, 0.6) is 0 Å². The molecule has 0 bridgehead atoms. The molecule has 0 saturated heterocycles. The van der Waals surface area contributed by atoms with Crippen molar-refractivity contribution in [2.24, 2.45) is 5.90 Å². The second-order valence-electron chi connectivity index (χ2n) is 2.68. The lowest BCUT2D eigenvalue weighted by Gasteiger charge is -2.09. The third kappa shape index (κ3) is 11.3. The predicted octanol–water partition coefficient (Wildman–Crippen LogP) is 1.08. The van der Waals surface area contributed by atoms with Gasteiger partial charge in [0.15, 0.2) is 6.10 Å². The van der Waals surface area contributed by atoms with Crippen LogP contribution in [0, 0.1) is 0 Å². The quantitative estimate of drug-likeness (QED) is 0.499. The van der Waals surface area contributed by atoms with E-state index in [0.717, 1.165) is 13.0 Å². The predicted molar refractivity (Wildman–Crippen MR) is 62.3 cm³/mol. The molecule has 0 radical (unpaired) electrons. The van der Waals surface area contributed by atoms with E-state index in [2.05, 4.69) is 10.2 Å². The lowest BCUT2D eigenvalue weighted by atomic mass is 10.4. The van der Waals surface area contributed by atoms with Crippen LogP contribution in [-0.4, -0.2) is 31.8 Å². The van der Waals surface area contributed by atoms with Crippen LogP contribution in [0.1, 0.15) is 35.5 Å². The largest absolute Gasteiger partial charge is 0.380 e. The molecule has 5 nitrogen and oxygen atoms in total. The molecule has 94 valence electrons. The second kappa shape index (κ2) is 13.4. The van der Waals surface area contributed by atoms with Crippen LogP contribution in [0.3, 0.4) is 0 Å². The molecular formula is C10H26N2O3. The first-order chi connectivity index (χ1) is 7.22. The number of hydrogen-bond donors (Lipinski definition) is 2. The van der Waals surface area contributed by atoms with Gasteiger partial charge in [0, 0.05) is 14.6 Å². The molecule has 0 aliphatic rings. The smallest absolute Gasteiger partial charge is 0.251 e. The van der Waals surface area contributed by atoms with E-state index in [0.29, 0.717) is 13.2 Å². The van der Waals surface area contributed by atoms with Crippen molar-refractivity contribution in [1.29, 1.82) is 0 Å². The summed E-state index contributed by atoms with van der Waals surface area (Å²) in [4.78, 5) is 15.4. The Kier molecular flexibility index (Phi) is 14.9. The van der Waals surface area contributed by atoms with Crippen LogP contribution in [-0.2, 0) is 14.4 Å².